The number of ether oxygens (including phenoxy) is 1. The maximum atomic E-state index is 12.6. The van der Waals surface area contributed by atoms with Gasteiger partial charge in [-0.3, -0.25) is 4.79 Å². The van der Waals surface area contributed by atoms with E-state index in [1.54, 1.807) is 18.4 Å². The van der Waals surface area contributed by atoms with Crippen LogP contribution in [0, 0.1) is 6.92 Å². The fraction of sp³-hybridized carbons (Fsp3) is 0.391. The number of nitrogens with zero attached hydrogens (tertiary/aromatic N) is 3. The van der Waals surface area contributed by atoms with Crippen LogP contribution in [0.4, 0.5) is 5.13 Å². The van der Waals surface area contributed by atoms with Gasteiger partial charge in [-0.1, -0.05) is 40.6 Å². The molecule has 0 radical (unpaired) electrons. The number of benzene rings is 2. The van der Waals surface area contributed by atoms with Crippen molar-refractivity contribution in [2.45, 2.75) is 24.7 Å². The lowest BCUT2D eigenvalue weighted by Gasteiger charge is -2.34. The van der Waals surface area contributed by atoms with Crippen LogP contribution in [0.15, 0.2) is 41.3 Å². The summed E-state index contributed by atoms with van der Waals surface area (Å²) in [4.78, 5) is 22.9. The van der Waals surface area contributed by atoms with E-state index in [1.165, 1.54) is 10.5 Å². The van der Waals surface area contributed by atoms with Gasteiger partial charge in [-0.15, -0.1) is 11.8 Å². The first-order valence-electron chi connectivity index (χ1n) is 10.4. The summed E-state index contributed by atoms with van der Waals surface area (Å²) in [6, 6.07) is 12.2. The van der Waals surface area contributed by atoms with Gasteiger partial charge >= 0.3 is 0 Å². The smallest absolute Gasteiger partial charge is 0.222 e. The molecule has 0 bridgehead atoms. The van der Waals surface area contributed by atoms with Gasteiger partial charge < -0.3 is 14.5 Å². The van der Waals surface area contributed by atoms with Crippen molar-refractivity contribution >= 4 is 56.0 Å². The van der Waals surface area contributed by atoms with Gasteiger partial charge in [0, 0.05) is 37.5 Å². The van der Waals surface area contributed by atoms with E-state index in [2.05, 4.69) is 36.1 Å². The average Bonchev–Trinajstić information content (AvgIpc) is 3.25. The first kappa shape index (κ1) is 22.2. The Hall–Kier alpha value is -1.96. The summed E-state index contributed by atoms with van der Waals surface area (Å²) in [6.07, 6.45) is 1.50. The van der Waals surface area contributed by atoms with Crippen molar-refractivity contribution in [2.75, 3.05) is 43.9 Å². The van der Waals surface area contributed by atoms with Crippen molar-refractivity contribution in [1.29, 1.82) is 0 Å². The standard InChI is InChI=1S/C23H26ClN3O2S2/c1-16-5-7-17(8-6-16)30-15-3-4-20(28)26-11-13-27(14-12-26)23-25-21-19(29-2)10-9-18(24)22(21)31-23/h5-10H,3-4,11-15H2,1-2H3. The Morgan fingerprint density at radius 1 is 1.16 bits per heavy atom. The van der Waals surface area contributed by atoms with Gasteiger partial charge in [0.15, 0.2) is 5.13 Å². The highest BCUT2D eigenvalue weighted by molar-refractivity contribution is 7.99. The van der Waals surface area contributed by atoms with Gasteiger partial charge in [0.2, 0.25) is 5.91 Å². The number of methoxy groups -OCH3 is 1. The molecule has 1 aliphatic heterocycles. The zero-order valence-electron chi connectivity index (χ0n) is 17.8. The van der Waals surface area contributed by atoms with E-state index < -0.39 is 0 Å². The van der Waals surface area contributed by atoms with Gasteiger partial charge in [0.25, 0.3) is 0 Å². The van der Waals surface area contributed by atoms with E-state index in [1.807, 2.05) is 28.8 Å². The Bertz CT molecular complexity index is 1050. The third kappa shape index (κ3) is 5.27. The lowest BCUT2D eigenvalue weighted by atomic mass is 10.2. The van der Waals surface area contributed by atoms with Crippen molar-refractivity contribution < 1.29 is 9.53 Å². The molecule has 0 N–H and O–H groups in total. The summed E-state index contributed by atoms with van der Waals surface area (Å²) < 4.78 is 6.37. The molecule has 2 aromatic carbocycles. The number of carbonyl (C=O) groups excluding carboxylic acids is 1. The average molecular weight is 476 g/mol. The lowest BCUT2D eigenvalue weighted by molar-refractivity contribution is -0.131. The number of amides is 1. The molecule has 1 amide bonds. The number of thiazole rings is 1. The maximum Gasteiger partial charge on any atom is 0.222 e. The van der Waals surface area contributed by atoms with Crippen molar-refractivity contribution in [1.82, 2.24) is 9.88 Å². The van der Waals surface area contributed by atoms with Gasteiger partial charge in [0.1, 0.15) is 11.3 Å². The van der Waals surface area contributed by atoms with Gasteiger partial charge in [-0.25, -0.2) is 4.98 Å². The second-order valence-corrected chi connectivity index (χ2v) is 10.1. The van der Waals surface area contributed by atoms with E-state index in [-0.39, 0.29) is 5.91 Å². The monoisotopic (exact) mass is 475 g/mol. The molecule has 3 aromatic rings. The van der Waals surface area contributed by atoms with Crippen LogP contribution in [0.3, 0.4) is 0 Å². The predicted octanol–water partition coefficient (Wildman–Crippen LogP) is 5.49. The topological polar surface area (TPSA) is 45.7 Å². The van der Waals surface area contributed by atoms with Crippen molar-refractivity contribution in [3.63, 3.8) is 0 Å². The lowest BCUT2D eigenvalue weighted by Crippen LogP contribution is -2.48. The molecule has 2 heterocycles. The Morgan fingerprint density at radius 3 is 2.61 bits per heavy atom. The molecule has 1 aliphatic rings. The van der Waals surface area contributed by atoms with Crippen LogP contribution in [0.25, 0.3) is 10.2 Å². The van der Waals surface area contributed by atoms with Crippen LogP contribution in [0.1, 0.15) is 18.4 Å². The summed E-state index contributed by atoms with van der Waals surface area (Å²) in [6.45, 7) is 5.11. The number of aromatic nitrogens is 1. The molecule has 31 heavy (non-hydrogen) atoms. The number of anilines is 1. The van der Waals surface area contributed by atoms with Crippen LogP contribution in [-0.4, -0.2) is 54.8 Å². The maximum absolute atomic E-state index is 12.6. The molecule has 0 atom stereocenters. The normalized spacial score (nSPS) is 14.3. The largest absolute Gasteiger partial charge is 0.494 e. The molecule has 5 nitrogen and oxygen atoms in total. The molecule has 1 saturated heterocycles. The summed E-state index contributed by atoms with van der Waals surface area (Å²) in [7, 11) is 1.64. The van der Waals surface area contributed by atoms with Crippen molar-refractivity contribution in [2.24, 2.45) is 0 Å². The minimum absolute atomic E-state index is 0.248. The molecule has 0 spiro atoms. The highest BCUT2D eigenvalue weighted by atomic mass is 35.5. The SMILES string of the molecule is COc1ccc(Cl)c2sc(N3CCN(C(=O)CCCSc4ccc(C)cc4)CC3)nc12. The number of fused-ring (bicyclic) bond motifs is 1. The minimum atomic E-state index is 0.248. The van der Waals surface area contributed by atoms with Crippen LogP contribution < -0.4 is 9.64 Å². The molecule has 1 fully saturated rings. The molecule has 1 aromatic heterocycles. The van der Waals surface area contributed by atoms with E-state index >= 15 is 0 Å². The second kappa shape index (κ2) is 10.1. The zero-order valence-corrected chi connectivity index (χ0v) is 20.2. The Balaban J connectivity index is 1.26. The highest BCUT2D eigenvalue weighted by Crippen LogP contribution is 2.38. The van der Waals surface area contributed by atoms with E-state index in [0.717, 1.165) is 59.5 Å². The van der Waals surface area contributed by atoms with Crippen LogP contribution in [0.2, 0.25) is 5.02 Å². The van der Waals surface area contributed by atoms with E-state index in [9.17, 15) is 4.79 Å². The summed E-state index contributed by atoms with van der Waals surface area (Å²) in [5.74, 6) is 1.95. The van der Waals surface area contributed by atoms with Gasteiger partial charge in [-0.2, -0.15) is 0 Å². The van der Waals surface area contributed by atoms with Crippen LogP contribution >= 0.6 is 34.7 Å². The Kier molecular flexibility index (Phi) is 7.25. The fourth-order valence-corrected chi connectivity index (χ4v) is 5.76. The number of carbonyl (C=O) groups is 1. The summed E-state index contributed by atoms with van der Waals surface area (Å²) >= 11 is 9.75. The number of piperazine rings is 1. The number of hydrogen-bond acceptors (Lipinski definition) is 6. The molecule has 0 aliphatic carbocycles. The number of rotatable bonds is 7. The second-order valence-electron chi connectivity index (χ2n) is 7.56. The van der Waals surface area contributed by atoms with Crippen molar-refractivity contribution in [3.05, 3.63) is 47.0 Å². The number of aryl methyl sites for hydroxylation is 1. The zero-order chi connectivity index (χ0) is 21.8. The van der Waals surface area contributed by atoms with Crippen LogP contribution in [-0.2, 0) is 4.79 Å². The molecule has 4 rings (SSSR count). The third-order valence-electron chi connectivity index (χ3n) is 5.39. The number of hydrogen-bond donors (Lipinski definition) is 0. The van der Waals surface area contributed by atoms with Gasteiger partial charge in [-0.05, 0) is 43.4 Å². The summed E-state index contributed by atoms with van der Waals surface area (Å²) in [5.41, 5.74) is 2.08. The highest BCUT2D eigenvalue weighted by Gasteiger charge is 2.24. The first-order valence-corrected chi connectivity index (χ1v) is 12.6. The predicted molar refractivity (Wildman–Crippen MR) is 131 cm³/mol. The Morgan fingerprint density at radius 2 is 1.90 bits per heavy atom. The van der Waals surface area contributed by atoms with Crippen molar-refractivity contribution in [3.8, 4) is 5.75 Å². The fourth-order valence-electron chi connectivity index (χ4n) is 3.59. The Labute approximate surface area is 196 Å². The third-order valence-corrected chi connectivity index (χ3v) is 8.07. The summed E-state index contributed by atoms with van der Waals surface area (Å²) in [5, 5.41) is 1.62. The number of halogens is 1. The molecule has 164 valence electrons. The molecule has 0 unspecified atom stereocenters. The van der Waals surface area contributed by atoms with E-state index in [0.29, 0.717) is 11.4 Å². The number of thioether (sulfide) groups is 1. The van der Waals surface area contributed by atoms with E-state index in [4.69, 9.17) is 21.3 Å². The molecule has 0 saturated carbocycles. The minimum Gasteiger partial charge on any atom is -0.494 e. The van der Waals surface area contributed by atoms with Crippen LogP contribution in [0.5, 0.6) is 5.75 Å². The first-order chi connectivity index (χ1) is 15.0. The molecular weight excluding hydrogens is 450 g/mol. The quantitative estimate of drug-likeness (QED) is 0.334. The molecule has 8 heteroatoms. The molecular formula is C23H26ClN3O2S2. The van der Waals surface area contributed by atoms with Gasteiger partial charge in [0.05, 0.1) is 16.8 Å².